The SMILES string of the molecule is CCN(CCC#N)c1ccccc1CO. The third-order valence-electron chi connectivity index (χ3n) is 2.38. The summed E-state index contributed by atoms with van der Waals surface area (Å²) in [5.74, 6) is 0. The van der Waals surface area contributed by atoms with E-state index in [1.165, 1.54) is 0 Å². The average molecular weight is 204 g/mol. The first-order valence-corrected chi connectivity index (χ1v) is 5.14. The quantitative estimate of drug-likeness (QED) is 0.797. The summed E-state index contributed by atoms with van der Waals surface area (Å²) in [6.07, 6.45) is 0.508. The minimum atomic E-state index is 0.0409. The monoisotopic (exact) mass is 204 g/mol. The Morgan fingerprint density at radius 3 is 2.73 bits per heavy atom. The molecule has 0 amide bonds. The fourth-order valence-corrected chi connectivity index (χ4v) is 1.59. The molecule has 0 aliphatic carbocycles. The van der Waals surface area contributed by atoms with Gasteiger partial charge in [-0.25, -0.2) is 0 Å². The second-order valence-corrected chi connectivity index (χ2v) is 3.27. The van der Waals surface area contributed by atoms with Crippen molar-refractivity contribution in [3.05, 3.63) is 29.8 Å². The Morgan fingerprint density at radius 2 is 2.13 bits per heavy atom. The van der Waals surface area contributed by atoms with Crippen LogP contribution >= 0.6 is 0 Å². The highest BCUT2D eigenvalue weighted by molar-refractivity contribution is 5.53. The molecule has 0 heterocycles. The number of aliphatic hydroxyl groups excluding tert-OH is 1. The van der Waals surface area contributed by atoms with Crippen LogP contribution in [-0.4, -0.2) is 18.2 Å². The molecule has 80 valence electrons. The fourth-order valence-electron chi connectivity index (χ4n) is 1.59. The Balaban J connectivity index is 2.86. The maximum atomic E-state index is 9.20. The molecule has 0 unspecified atom stereocenters. The first-order chi connectivity index (χ1) is 7.33. The minimum Gasteiger partial charge on any atom is -0.392 e. The van der Waals surface area contributed by atoms with Gasteiger partial charge < -0.3 is 10.0 Å². The summed E-state index contributed by atoms with van der Waals surface area (Å²) >= 11 is 0. The third kappa shape index (κ3) is 2.97. The van der Waals surface area contributed by atoms with Gasteiger partial charge in [-0.15, -0.1) is 0 Å². The van der Waals surface area contributed by atoms with Gasteiger partial charge in [0.1, 0.15) is 0 Å². The molecule has 3 nitrogen and oxygen atoms in total. The van der Waals surface area contributed by atoms with Gasteiger partial charge in [-0.2, -0.15) is 5.26 Å². The largest absolute Gasteiger partial charge is 0.392 e. The van der Waals surface area contributed by atoms with Crippen LogP contribution in [0, 0.1) is 11.3 Å². The van der Waals surface area contributed by atoms with Gasteiger partial charge in [0.05, 0.1) is 19.1 Å². The predicted octanol–water partition coefficient (Wildman–Crippen LogP) is 1.92. The van der Waals surface area contributed by atoms with Crippen LogP contribution in [0.1, 0.15) is 18.9 Å². The fraction of sp³-hybridized carbons (Fsp3) is 0.417. The van der Waals surface area contributed by atoms with E-state index < -0.39 is 0 Å². The van der Waals surface area contributed by atoms with Crippen molar-refractivity contribution in [3.8, 4) is 6.07 Å². The van der Waals surface area contributed by atoms with Crippen LogP contribution in [0.25, 0.3) is 0 Å². The lowest BCUT2D eigenvalue weighted by Crippen LogP contribution is -2.24. The summed E-state index contributed by atoms with van der Waals surface area (Å²) in [6, 6.07) is 9.88. The number of hydrogen-bond donors (Lipinski definition) is 1. The number of rotatable bonds is 5. The summed E-state index contributed by atoms with van der Waals surface area (Å²) in [5.41, 5.74) is 1.94. The van der Waals surface area contributed by atoms with Crippen molar-refractivity contribution >= 4 is 5.69 Å². The van der Waals surface area contributed by atoms with Crippen molar-refractivity contribution in [2.45, 2.75) is 20.0 Å². The van der Waals surface area contributed by atoms with E-state index in [4.69, 9.17) is 5.26 Å². The predicted molar refractivity (Wildman–Crippen MR) is 60.5 cm³/mol. The Kier molecular flexibility index (Phi) is 4.65. The summed E-state index contributed by atoms with van der Waals surface area (Å²) in [4.78, 5) is 2.11. The second-order valence-electron chi connectivity index (χ2n) is 3.27. The molecule has 1 rings (SSSR count). The molecule has 0 aromatic heterocycles. The van der Waals surface area contributed by atoms with E-state index in [1.807, 2.05) is 31.2 Å². The van der Waals surface area contributed by atoms with Gasteiger partial charge in [0, 0.05) is 24.3 Å². The molecule has 3 heteroatoms. The lowest BCUT2D eigenvalue weighted by atomic mass is 10.1. The first-order valence-electron chi connectivity index (χ1n) is 5.14. The van der Waals surface area contributed by atoms with Crippen molar-refractivity contribution in [2.24, 2.45) is 0 Å². The molecule has 0 radical (unpaired) electrons. The van der Waals surface area contributed by atoms with E-state index in [0.717, 1.165) is 17.8 Å². The molecule has 15 heavy (non-hydrogen) atoms. The number of nitriles is 1. The van der Waals surface area contributed by atoms with Crippen LogP contribution in [0.3, 0.4) is 0 Å². The van der Waals surface area contributed by atoms with E-state index in [1.54, 1.807) is 0 Å². The smallest absolute Gasteiger partial charge is 0.0702 e. The lowest BCUT2D eigenvalue weighted by Gasteiger charge is -2.24. The molecule has 0 saturated heterocycles. The number of hydrogen-bond acceptors (Lipinski definition) is 3. The molecule has 0 atom stereocenters. The number of nitrogens with zero attached hydrogens (tertiary/aromatic N) is 2. The Morgan fingerprint density at radius 1 is 1.40 bits per heavy atom. The Hall–Kier alpha value is -1.53. The topological polar surface area (TPSA) is 47.3 Å². The van der Waals surface area contributed by atoms with Gasteiger partial charge in [0.15, 0.2) is 0 Å². The molecule has 0 aliphatic heterocycles. The van der Waals surface area contributed by atoms with Gasteiger partial charge in [-0.1, -0.05) is 18.2 Å². The number of benzene rings is 1. The van der Waals surface area contributed by atoms with Gasteiger partial charge in [-0.05, 0) is 13.0 Å². The third-order valence-corrected chi connectivity index (χ3v) is 2.38. The minimum absolute atomic E-state index is 0.0409. The molecule has 0 aliphatic rings. The van der Waals surface area contributed by atoms with Crippen LogP contribution < -0.4 is 4.90 Å². The summed E-state index contributed by atoms with van der Waals surface area (Å²) in [5, 5.41) is 17.8. The zero-order valence-corrected chi connectivity index (χ0v) is 8.98. The molecule has 0 bridgehead atoms. The van der Waals surface area contributed by atoms with Crippen molar-refractivity contribution < 1.29 is 5.11 Å². The number of para-hydroxylation sites is 1. The zero-order chi connectivity index (χ0) is 11.1. The van der Waals surface area contributed by atoms with E-state index in [2.05, 4.69) is 11.0 Å². The highest BCUT2D eigenvalue weighted by Gasteiger charge is 2.07. The maximum Gasteiger partial charge on any atom is 0.0702 e. The van der Waals surface area contributed by atoms with Crippen LogP contribution in [0.5, 0.6) is 0 Å². The average Bonchev–Trinajstić information content (AvgIpc) is 2.30. The van der Waals surface area contributed by atoms with E-state index in [-0.39, 0.29) is 6.61 Å². The summed E-state index contributed by atoms with van der Waals surface area (Å²) in [7, 11) is 0. The first kappa shape index (κ1) is 11.5. The van der Waals surface area contributed by atoms with E-state index in [9.17, 15) is 5.11 Å². The normalized spacial score (nSPS) is 9.67. The molecule has 1 N–H and O–H groups in total. The molecule has 0 fully saturated rings. The van der Waals surface area contributed by atoms with Crippen molar-refractivity contribution in [2.75, 3.05) is 18.0 Å². The highest BCUT2D eigenvalue weighted by Crippen LogP contribution is 2.20. The van der Waals surface area contributed by atoms with Crippen molar-refractivity contribution in [3.63, 3.8) is 0 Å². The van der Waals surface area contributed by atoms with Crippen LogP contribution in [0.15, 0.2) is 24.3 Å². The molecular formula is C12H16N2O. The van der Waals surface area contributed by atoms with Crippen LogP contribution in [0.2, 0.25) is 0 Å². The van der Waals surface area contributed by atoms with Gasteiger partial charge in [-0.3, -0.25) is 0 Å². The molecule has 1 aromatic rings. The zero-order valence-electron chi connectivity index (χ0n) is 8.98. The summed E-state index contributed by atoms with van der Waals surface area (Å²) < 4.78 is 0. The highest BCUT2D eigenvalue weighted by atomic mass is 16.3. The second kappa shape index (κ2) is 6.05. The molecule has 0 spiro atoms. The van der Waals surface area contributed by atoms with Gasteiger partial charge in [0.25, 0.3) is 0 Å². The van der Waals surface area contributed by atoms with Crippen LogP contribution in [0.4, 0.5) is 5.69 Å². The number of anilines is 1. The van der Waals surface area contributed by atoms with E-state index in [0.29, 0.717) is 13.0 Å². The van der Waals surface area contributed by atoms with Gasteiger partial charge in [0.2, 0.25) is 0 Å². The maximum absolute atomic E-state index is 9.20. The number of aliphatic hydroxyl groups is 1. The molecular weight excluding hydrogens is 188 g/mol. The standard InChI is InChI=1S/C12H16N2O/c1-2-14(9-5-8-13)12-7-4-3-6-11(12)10-15/h3-4,6-7,15H,2,5,9-10H2,1H3. The molecule has 1 aromatic carbocycles. The molecule has 0 saturated carbocycles. The Labute approximate surface area is 90.6 Å². The van der Waals surface area contributed by atoms with Crippen molar-refractivity contribution in [1.29, 1.82) is 5.26 Å². The van der Waals surface area contributed by atoms with Crippen LogP contribution in [-0.2, 0) is 6.61 Å². The lowest BCUT2D eigenvalue weighted by molar-refractivity contribution is 0.282. The van der Waals surface area contributed by atoms with Gasteiger partial charge >= 0.3 is 0 Å². The summed E-state index contributed by atoms with van der Waals surface area (Å²) in [6.45, 7) is 3.65. The van der Waals surface area contributed by atoms with E-state index >= 15 is 0 Å². The van der Waals surface area contributed by atoms with Crippen molar-refractivity contribution in [1.82, 2.24) is 0 Å². The Bertz CT molecular complexity index is 344.